The summed E-state index contributed by atoms with van der Waals surface area (Å²) in [5.41, 5.74) is 2.31. The molecule has 5 heteroatoms. The van der Waals surface area contributed by atoms with Gasteiger partial charge < -0.3 is 24.6 Å². The molecule has 5 nitrogen and oxygen atoms in total. The van der Waals surface area contributed by atoms with Crippen LogP contribution in [0.5, 0.6) is 17.2 Å². The van der Waals surface area contributed by atoms with E-state index < -0.39 is 6.10 Å². The molecule has 0 amide bonds. The fraction of sp³-hybridized carbons (Fsp3) is 0.250. The van der Waals surface area contributed by atoms with Gasteiger partial charge in [0, 0.05) is 12.6 Å². The number of rotatable bonds is 9. The molecule has 150 valence electrons. The van der Waals surface area contributed by atoms with Gasteiger partial charge in [-0.3, -0.25) is 0 Å². The highest BCUT2D eigenvalue weighted by molar-refractivity contribution is 5.45. The minimum Gasteiger partial charge on any atom is -0.491 e. The first-order valence-electron chi connectivity index (χ1n) is 9.81. The number of nitrogens with one attached hydrogen (secondary N) is 1. The highest BCUT2D eigenvalue weighted by Gasteiger charge is 2.19. The smallest absolute Gasteiger partial charge is 0.231 e. The molecule has 0 radical (unpaired) electrons. The summed E-state index contributed by atoms with van der Waals surface area (Å²) in [7, 11) is 0. The molecule has 0 aromatic heterocycles. The van der Waals surface area contributed by atoms with Crippen LogP contribution in [0.2, 0.25) is 0 Å². The second kappa shape index (κ2) is 9.45. The maximum atomic E-state index is 10.4. The Morgan fingerprint density at radius 3 is 2.41 bits per heavy atom. The van der Waals surface area contributed by atoms with Gasteiger partial charge in [0.1, 0.15) is 18.5 Å². The molecule has 2 atom stereocenters. The van der Waals surface area contributed by atoms with Crippen LogP contribution >= 0.6 is 0 Å². The first-order valence-corrected chi connectivity index (χ1v) is 9.81. The van der Waals surface area contributed by atoms with E-state index in [0.29, 0.717) is 6.54 Å². The number of para-hydroxylation sites is 1. The van der Waals surface area contributed by atoms with Gasteiger partial charge in [-0.05, 0) is 41.8 Å². The van der Waals surface area contributed by atoms with Gasteiger partial charge in [0.15, 0.2) is 11.5 Å². The van der Waals surface area contributed by atoms with Crippen molar-refractivity contribution in [3.8, 4) is 17.2 Å². The summed E-state index contributed by atoms with van der Waals surface area (Å²) in [6.07, 6.45) is 0.176. The highest BCUT2D eigenvalue weighted by Crippen LogP contribution is 2.34. The third-order valence-electron chi connectivity index (χ3n) is 4.87. The predicted octanol–water partition coefficient (Wildman–Crippen LogP) is 3.73. The van der Waals surface area contributed by atoms with Crippen molar-refractivity contribution in [3.63, 3.8) is 0 Å². The van der Waals surface area contributed by atoms with Crippen LogP contribution in [-0.2, 0) is 6.42 Å². The quantitative estimate of drug-likeness (QED) is 0.582. The Morgan fingerprint density at radius 2 is 1.62 bits per heavy atom. The van der Waals surface area contributed by atoms with E-state index in [4.69, 9.17) is 14.2 Å². The van der Waals surface area contributed by atoms with Crippen LogP contribution < -0.4 is 19.5 Å². The average molecular weight is 391 g/mol. The van der Waals surface area contributed by atoms with Crippen molar-refractivity contribution in [2.24, 2.45) is 0 Å². The van der Waals surface area contributed by atoms with E-state index in [-0.39, 0.29) is 19.4 Å². The summed E-state index contributed by atoms with van der Waals surface area (Å²) < 4.78 is 16.6. The van der Waals surface area contributed by atoms with E-state index in [1.165, 1.54) is 5.56 Å². The van der Waals surface area contributed by atoms with Crippen molar-refractivity contribution in [1.29, 1.82) is 0 Å². The Hall–Kier alpha value is -3.02. The zero-order valence-electron chi connectivity index (χ0n) is 16.2. The number of hydrogen-bond donors (Lipinski definition) is 2. The first kappa shape index (κ1) is 19.3. The standard InChI is InChI=1S/C24H25NO4/c26-20(16-27-21-9-5-2-6-10-21)15-25-22(13-18-7-3-1-4-8-18)19-11-12-23-24(14-19)29-17-28-23/h1-12,14,20,22,25-26H,13,15-17H2/t20-,22-/m0/s1. The van der Waals surface area contributed by atoms with Gasteiger partial charge in [-0.1, -0.05) is 54.6 Å². The Bertz CT molecular complexity index is 901. The molecular weight excluding hydrogens is 366 g/mol. The van der Waals surface area contributed by atoms with Gasteiger partial charge in [-0.25, -0.2) is 0 Å². The van der Waals surface area contributed by atoms with Crippen molar-refractivity contribution in [3.05, 3.63) is 90.0 Å². The van der Waals surface area contributed by atoms with Crippen LogP contribution in [0.1, 0.15) is 17.2 Å². The predicted molar refractivity (Wildman–Crippen MR) is 111 cm³/mol. The maximum absolute atomic E-state index is 10.4. The van der Waals surface area contributed by atoms with Crippen LogP contribution in [0.4, 0.5) is 0 Å². The lowest BCUT2D eigenvalue weighted by Crippen LogP contribution is -2.34. The van der Waals surface area contributed by atoms with Crippen LogP contribution in [0.25, 0.3) is 0 Å². The fourth-order valence-corrected chi connectivity index (χ4v) is 3.33. The van der Waals surface area contributed by atoms with Gasteiger partial charge >= 0.3 is 0 Å². The molecule has 2 N–H and O–H groups in total. The molecular formula is C24H25NO4. The molecule has 1 aliphatic heterocycles. The molecule has 0 aliphatic carbocycles. The number of aliphatic hydroxyl groups is 1. The van der Waals surface area contributed by atoms with Crippen LogP contribution in [-0.4, -0.2) is 31.2 Å². The minimum atomic E-state index is -0.623. The summed E-state index contributed by atoms with van der Waals surface area (Å²) >= 11 is 0. The second-order valence-electron chi connectivity index (χ2n) is 7.04. The lowest BCUT2D eigenvalue weighted by molar-refractivity contribution is 0.103. The van der Waals surface area contributed by atoms with Crippen molar-refractivity contribution in [2.75, 3.05) is 19.9 Å². The molecule has 0 saturated carbocycles. The SMILES string of the molecule is O[C@@H](CN[C@@H](Cc1ccccc1)c1ccc2c(c1)OCO2)COc1ccccc1. The minimum absolute atomic E-state index is 0.0262. The average Bonchev–Trinajstić information content (AvgIpc) is 3.24. The molecule has 0 unspecified atom stereocenters. The van der Waals surface area contributed by atoms with E-state index in [1.807, 2.05) is 66.7 Å². The summed E-state index contributed by atoms with van der Waals surface area (Å²) in [5, 5.41) is 13.9. The number of hydrogen-bond acceptors (Lipinski definition) is 5. The van der Waals surface area contributed by atoms with Crippen LogP contribution in [0, 0.1) is 0 Å². The Morgan fingerprint density at radius 1 is 0.897 bits per heavy atom. The van der Waals surface area contributed by atoms with Crippen molar-refractivity contribution < 1.29 is 19.3 Å². The molecule has 0 saturated heterocycles. The largest absolute Gasteiger partial charge is 0.491 e. The summed E-state index contributed by atoms with van der Waals surface area (Å²) in [6, 6.07) is 25.8. The van der Waals surface area contributed by atoms with Crippen molar-refractivity contribution in [2.45, 2.75) is 18.6 Å². The molecule has 1 heterocycles. The monoisotopic (exact) mass is 391 g/mol. The topological polar surface area (TPSA) is 60.0 Å². The fourth-order valence-electron chi connectivity index (χ4n) is 3.33. The summed E-state index contributed by atoms with van der Waals surface area (Å²) in [4.78, 5) is 0. The lowest BCUT2D eigenvalue weighted by Gasteiger charge is -2.22. The van der Waals surface area contributed by atoms with E-state index >= 15 is 0 Å². The summed E-state index contributed by atoms with van der Waals surface area (Å²) in [5.74, 6) is 2.28. The molecule has 0 fully saturated rings. The number of ether oxygens (including phenoxy) is 3. The van der Waals surface area contributed by atoms with Gasteiger partial charge in [-0.2, -0.15) is 0 Å². The Balaban J connectivity index is 1.41. The second-order valence-corrected chi connectivity index (χ2v) is 7.04. The molecule has 29 heavy (non-hydrogen) atoms. The molecule has 4 rings (SSSR count). The zero-order valence-corrected chi connectivity index (χ0v) is 16.2. The van der Waals surface area contributed by atoms with Gasteiger partial charge in [-0.15, -0.1) is 0 Å². The first-order chi connectivity index (χ1) is 14.3. The van der Waals surface area contributed by atoms with Gasteiger partial charge in [0.05, 0.1) is 0 Å². The molecule has 3 aromatic rings. The molecule has 1 aliphatic rings. The van der Waals surface area contributed by atoms with Gasteiger partial charge in [0.25, 0.3) is 0 Å². The van der Waals surface area contributed by atoms with Crippen molar-refractivity contribution >= 4 is 0 Å². The molecule has 0 spiro atoms. The van der Waals surface area contributed by atoms with E-state index in [1.54, 1.807) is 0 Å². The lowest BCUT2D eigenvalue weighted by atomic mass is 9.98. The summed E-state index contributed by atoms with van der Waals surface area (Å²) in [6.45, 7) is 0.903. The number of fused-ring (bicyclic) bond motifs is 1. The van der Waals surface area contributed by atoms with E-state index in [2.05, 4.69) is 17.4 Å². The number of aliphatic hydroxyl groups excluding tert-OH is 1. The van der Waals surface area contributed by atoms with Gasteiger partial charge in [0.2, 0.25) is 6.79 Å². The highest BCUT2D eigenvalue weighted by atomic mass is 16.7. The molecule has 0 bridgehead atoms. The van der Waals surface area contributed by atoms with Crippen LogP contribution in [0.3, 0.4) is 0 Å². The maximum Gasteiger partial charge on any atom is 0.231 e. The normalized spacial score (nSPS) is 14.4. The van der Waals surface area contributed by atoms with Crippen molar-refractivity contribution in [1.82, 2.24) is 5.32 Å². The van der Waals surface area contributed by atoms with E-state index in [0.717, 1.165) is 29.2 Å². The Kier molecular flexibility index (Phi) is 6.29. The zero-order chi connectivity index (χ0) is 19.9. The van der Waals surface area contributed by atoms with Crippen LogP contribution in [0.15, 0.2) is 78.9 Å². The third kappa shape index (κ3) is 5.28. The van der Waals surface area contributed by atoms with E-state index in [9.17, 15) is 5.11 Å². The molecule has 3 aromatic carbocycles. The third-order valence-corrected chi connectivity index (χ3v) is 4.87. The Labute approximate surface area is 170 Å². The number of benzene rings is 3.